The Morgan fingerprint density at radius 3 is 1.95 bits per heavy atom. The first-order valence-electron chi connectivity index (χ1n) is 23.6. The lowest BCUT2D eigenvalue weighted by molar-refractivity contribution is -0.870. The number of esters is 1. The number of hydrogen-bond donors (Lipinski definition) is 3. The van der Waals surface area contributed by atoms with Crippen LogP contribution < -0.4 is 10.6 Å². The molecule has 0 aromatic carbocycles. The maximum atomic E-state index is 13.0. The largest absolute Gasteiger partial charge is 0.756 e. The summed E-state index contributed by atoms with van der Waals surface area (Å²) in [7, 11) is 1.09. The minimum Gasteiger partial charge on any atom is -0.756 e. The molecule has 0 radical (unpaired) electrons. The van der Waals surface area contributed by atoms with Crippen molar-refractivity contribution in [2.24, 2.45) is 5.73 Å². The van der Waals surface area contributed by atoms with E-state index in [1.54, 1.807) is 12.2 Å². The zero-order valence-corrected chi connectivity index (χ0v) is 41.4. The second kappa shape index (κ2) is 41.0. The van der Waals surface area contributed by atoms with Crippen molar-refractivity contribution in [2.75, 3.05) is 53.3 Å². The number of ether oxygens (including phenoxy) is 2. The highest BCUT2D eigenvalue weighted by Gasteiger charge is 2.24. The fraction of sp³-hybridized carbons (Fsp3) is 0.714. The van der Waals surface area contributed by atoms with Crippen LogP contribution in [-0.2, 0) is 32.7 Å². The standard InChI is InChI=1S/C49H87N2O10PS/c1-6-8-10-12-14-16-18-20-21-22-23-25-27-29-31-33-39-58-44(42-61-62(56,57)60-40-38-51(3,4)5)41-59-49(55)45(50)43-63-47(46(52)35-34-37-48(53)54)36-32-30-28-26-24-19-17-15-13-11-9-7-2/h15-18,24,26,28,30,32-33,36,39,44-47,52H,6-14,19-23,25,27,29,31,34-35,37-38,40-43,50H2,1-5H3,(H-,53,54,56,57)/b17-15-,18-16-,26-24-,30-28+,36-32+,39-33+/t44-,45+,46+,47-/m1/s1. The van der Waals surface area contributed by atoms with Gasteiger partial charge in [0.1, 0.15) is 25.8 Å². The Morgan fingerprint density at radius 1 is 0.746 bits per heavy atom. The molecule has 0 aliphatic carbocycles. The zero-order chi connectivity index (χ0) is 46.9. The second-order valence-corrected chi connectivity index (χ2v) is 19.6. The summed E-state index contributed by atoms with van der Waals surface area (Å²) in [4.78, 5) is 36.6. The molecule has 63 heavy (non-hydrogen) atoms. The summed E-state index contributed by atoms with van der Waals surface area (Å²) in [5, 5.41) is 19.5. The summed E-state index contributed by atoms with van der Waals surface area (Å²) in [6.07, 6.45) is 43.2. The average molecular weight is 927 g/mol. The number of nitrogens with two attached hydrogens (primary N) is 1. The number of carbonyl (C=O) groups is 2. The van der Waals surface area contributed by atoms with E-state index in [4.69, 9.17) is 29.4 Å². The molecule has 1 unspecified atom stereocenters. The maximum Gasteiger partial charge on any atom is 0.323 e. The SMILES string of the molecule is CCCCC/C=C\C\C=C/C=C/C=C/[C@@H](SC[C@H](N)C(=O)OC[C@H](COP(=O)([O-])OCC[N+](C)(C)C)O/C=C/CCCCCCCC/C=C\CCCCCC)[C@@H](O)CCCC(=O)O. The van der Waals surface area contributed by atoms with Gasteiger partial charge in [-0.15, -0.1) is 11.8 Å². The van der Waals surface area contributed by atoms with Crippen molar-refractivity contribution in [1.29, 1.82) is 0 Å². The van der Waals surface area contributed by atoms with Gasteiger partial charge in [-0.3, -0.25) is 14.2 Å². The van der Waals surface area contributed by atoms with Gasteiger partial charge in [0, 0.05) is 17.4 Å². The number of hydrogen-bond acceptors (Lipinski definition) is 11. The molecular weight excluding hydrogens is 840 g/mol. The fourth-order valence-corrected chi connectivity index (χ4v) is 7.76. The molecule has 0 saturated carbocycles. The van der Waals surface area contributed by atoms with Crippen molar-refractivity contribution < 1.29 is 52.3 Å². The Labute approximate surface area is 386 Å². The Kier molecular flexibility index (Phi) is 39.4. The Balaban J connectivity index is 5.17. The van der Waals surface area contributed by atoms with E-state index in [-0.39, 0.29) is 31.8 Å². The molecule has 4 N–H and O–H groups in total. The van der Waals surface area contributed by atoms with E-state index in [9.17, 15) is 24.2 Å². The topological polar surface area (TPSA) is 178 Å². The zero-order valence-electron chi connectivity index (χ0n) is 39.7. The first kappa shape index (κ1) is 60.5. The van der Waals surface area contributed by atoms with Crippen molar-refractivity contribution in [3.8, 4) is 0 Å². The number of rotatable bonds is 43. The molecule has 14 heteroatoms. The molecule has 0 saturated heterocycles. The van der Waals surface area contributed by atoms with Crippen LogP contribution in [0, 0.1) is 0 Å². The van der Waals surface area contributed by atoms with E-state index >= 15 is 0 Å². The number of carbonyl (C=O) groups excluding carboxylic acids is 1. The van der Waals surface area contributed by atoms with Crippen LogP contribution in [0.2, 0.25) is 0 Å². The number of thioether (sulfide) groups is 1. The highest BCUT2D eigenvalue weighted by molar-refractivity contribution is 8.00. The maximum absolute atomic E-state index is 13.0. The van der Waals surface area contributed by atoms with Crippen molar-refractivity contribution in [1.82, 2.24) is 0 Å². The number of unbranched alkanes of at least 4 members (excludes halogenated alkanes) is 14. The Hall–Kier alpha value is -2.48. The highest BCUT2D eigenvalue weighted by Crippen LogP contribution is 2.38. The van der Waals surface area contributed by atoms with E-state index in [0.717, 1.165) is 38.5 Å². The van der Waals surface area contributed by atoms with Gasteiger partial charge >= 0.3 is 11.9 Å². The fourth-order valence-electron chi connectivity index (χ4n) is 5.91. The van der Waals surface area contributed by atoms with Gasteiger partial charge in [-0.25, -0.2) is 0 Å². The van der Waals surface area contributed by atoms with Crippen LogP contribution in [0.25, 0.3) is 0 Å². The summed E-state index contributed by atoms with van der Waals surface area (Å²) in [5.41, 5.74) is 6.22. The summed E-state index contributed by atoms with van der Waals surface area (Å²) >= 11 is 1.26. The van der Waals surface area contributed by atoms with Gasteiger partial charge in [-0.2, -0.15) is 0 Å². The van der Waals surface area contributed by atoms with Gasteiger partial charge in [0.15, 0.2) is 6.10 Å². The van der Waals surface area contributed by atoms with Gasteiger partial charge in [0.2, 0.25) is 0 Å². The molecular formula is C49H87N2O10PS. The third kappa shape index (κ3) is 41.9. The lowest BCUT2D eigenvalue weighted by Crippen LogP contribution is -2.38. The van der Waals surface area contributed by atoms with Crippen LogP contribution in [0.3, 0.4) is 0 Å². The summed E-state index contributed by atoms with van der Waals surface area (Å²) < 4.78 is 34.4. The minimum absolute atomic E-state index is 0.0532. The van der Waals surface area contributed by atoms with Gasteiger partial charge in [-0.1, -0.05) is 132 Å². The van der Waals surface area contributed by atoms with Gasteiger partial charge in [0.25, 0.3) is 7.82 Å². The van der Waals surface area contributed by atoms with Crippen LogP contribution in [0.4, 0.5) is 0 Å². The number of aliphatic hydroxyl groups excluding tert-OH is 1. The van der Waals surface area contributed by atoms with E-state index < -0.39 is 49.9 Å². The molecule has 0 fully saturated rings. The molecule has 0 bridgehead atoms. The third-order valence-electron chi connectivity index (χ3n) is 9.82. The van der Waals surface area contributed by atoms with E-state index in [1.165, 1.54) is 95.1 Å². The smallest absolute Gasteiger partial charge is 0.323 e. The van der Waals surface area contributed by atoms with Crippen LogP contribution in [0.5, 0.6) is 0 Å². The van der Waals surface area contributed by atoms with E-state index in [2.05, 4.69) is 44.2 Å². The molecule has 0 heterocycles. The van der Waals surface area contributed by atoms with Crippen molar-refractivity contribution in [3.63, 3.8) is 0 Å². The molecule has 5 atom stereocenters. The third-order valence-corrected chi connectivity index (χ3v) is 12.2. The van der Waals surface area contributed by atoms with Crippen molar-refractivity contribution in [3.05, 3.63) is 73.1 Å². The number of phosphoric ester groups is 1. The quantitative estimate of drug-likeness (QED) is 0.0100. The van der Waals surface area contributed by atoms with Gasteiger partial charge in [0.05, 0.1) is 40.1 Å². The van der Waals surface area contributed by atoms with Crippen LogP contribution in [-0.4, -0.2) is 103 Å². The number of aliphatic carboxylic acids is 1. The summed E-state index contributed by atoms with van der Waals surface area (Å²) in [6, 6.07) is -1.07. The molecule has 0 rings (SSSR count). The summed E-state index contributed by atoms with van der Waals surface area (Å²) in [6.45, 7) is 4.07. The monoisotopic (exact) mass is 927 g/mol. The van der Waals surface area contributed by atoms with Crippen molar-refractivity contribution in [2.45, 2.75) is 172 Å². The number of allylic oxidation sites excluding steroid dienone is 10. The average Bonchev–Trinajstić information content (AvgIpc) is 3.23. The number of phosphoric acid groups is 1. The molecule has 0 spiro atoms. The second-order valence-electron chi connectivity index (χ2n) is 17.0. The van der Waals surface area contributed by atoms with Crippen LogP contribution in [0.1, 0.15) is 149 Å². The first-order valence-corrected chi connectivity index (χ1v) is 26.2. The molecule has 12 nitrogen and oxygen atoms in total. The molecule has 0 aromatic rings. The molecule has 0 aliphatic rings. The molecule has 0 amide bonds. The molecule has 0 aromatic heterocycles. The lowest BCUT2D eigenvalue weighted by Gasteiger charge is -2.28. The summed E-state index contributed by atoms with van der Waals surface area (Å²) in [5.74, 6) is -1.56. The predicted molar refractivity (Wildman–Crippen MR) is 259 cm³/mol. The van der Waals surface area contributed by atoms with E-state index in [1.807, 2.05) is 45.4 Å². The van der Waals surface area contributed by atoms with E-state index in [0.29, 0.717) is 17.4 Å². The van der Waals surface area contributed by atoms with Crippen LogP contribution >= 0.6 is 19.6 Å². The molecule has 364 valence electrons. The number of carboxylic acids is 1. The molecule has 0 aliphatic heterocycles. The first-order chi connectivity index (χ1) is 30.2. The Morgan fingerprint density at radius 2 is 1.32 bits per heavy atom. The number of quaternary nitrogens is 1. The van der Waals surface area contributed by atoms with Gasteiger partial charge in [-0.05, 0) is 76.7 Å². The highest BCUT2D eigenvalue weighted by atomic mass is 32.2. The Bertz CT molecular complexity index is 1360. The van der Waals surface area contributed by atoms with Crippen molar-refractivity contribution >= 4 is 31.5 Å². The predicted octanol–water partition coefficient (Wildman–Crippen LogP) is 10.5. The number of likely N-dealkylation sites (N-methyl/N-ethyl adjacent to an activating group) is 1. The number of carboxylic acid groups (broad SMARTS) is 1. The lowest BCUT2D eigenvalue weighted by atomic mass is 10.1. The number of nitrogens with zero attached hydrogens (tertiary/aromatic N) is 1. The van der Waals surface area contributed by atoms with Crippen LogP contribution in [0.15, 0.2) is 73.1 Å². The van der Waals surface area contributed by atoms with Gasteiger partial charge < -0.3 is 43.8 Å². The number of aliphatic hydroxyl groups is 1. The normalized spacial score (nSPS) is 15.6. The minimum atomic E-state index is -4.66.